The molecule has 0 aliphatic rings. The molecule has 7 heteroatoms. The number of hydrazine groups is 1. The molecule has 0 fully saturated rings. The smallest absolute Gasteiger partial charge is 0.257 e. The molecule has 0 spiro atoms. The molecule has 138 valence electrons. The maximum atomic E-state index is 11.9. The van der Waals surface area contributed by atoms with Crippen molar-refractivity contribution in [3.05, 3.63) is 58.1 Å². The molecule has 0 radical (unpaired) electrons. The van der Waals surface area contributed by atoms with E-state index in [1.807, 2.05) is 49.4 Å². The third kappa shape index (κ3) is 6.40. The normalized spacial score (nSPS) is 10.1. The minimum atomic E-state index is -0.314. The Balaban J connectivity index is 1.68. The number of hydrogen-bond acceptors (Lipinski definition) is 4. The summed E-state index contributed by atoms with van der Waals surface area (Å²) in [5.41, 5.74) is 7.82. The first-order chi connectivity index (χ1) is 12.5. The summed E-state index contributed by atoms with van der Waals surface area (Å²) in [6.45, 7) is 2.07. The zero-order valence-corrected chi connectivity index (χ0v) is 16.4. The van der Waals surface area contributed by atoms with Crippen molar-refractivity contribution >= 4 is 33.4 Å². The second kappa shape index (κ2) is 9.82. The van der Waals surface area contributed by atoms with Crippen molar-refractivity contribution < 1.29 is 14.3 Å². The number of hydrogen-bond donors (Lipinski definition) is 3. The third-order valence-corrected chi connectivity index (χ3v) is 4.32. The number of rotatable bonds is 7. The highest BCUT2D eigenvalue weighted by molar-refractivity contribution is 9.10. The number of methoxy groups -OCH3 is 1. The number of ether oxygens (including phenoxy) is 1. The number of nitrogens with one attached hydrogen (secondary N) is 3. The van der Waals surface area contributed by atoms with Crippen LogP contribution in [0.15, 0.2) is 46.9 Å². The van der Waals surface area contributed by atoms with Gasteiger partial charge < -0.3 is 10.1 Å². The van der Waals surface area contributed by atoms with E-state index in [2.05, 4.69) is 32.1 Å². The van der Waals surface area contributed by atoms with E-state index in [1.54, 1.807) is 7.11 Å². The van der Waals surface area contributed by atoms with E-state index in [9.17, 15) is 9.59 Å². The Kier molecular flexibility index (Phi) is 7.47. The van der Waals surface area contributed by atoms with Crippen molar-refractivity contribution in [2.45, 2.75) is 19.8 Å². The van der Waals surface area contributed by atoms with Gasteiger partial charge in [0.15, 0.2) is 0 Å². The van der Waals surface area contributed by atoms with E-state index in [4.69, 9.17) is 4.74 Å². The monoisotopic (exact) mass is 419 g/mol. The Morgan fingerprint density at radius 3 is 2.38 bits per heavy atom. The highest BCUT2D eigenvalue weighted by atomic mass is 79.9. The minimum Gasteiger partial charge on any atom is -0.496 e. The van der Waals surface area contributed by atoms with Gasteiger partial charge in [-0.2, -0.15) is 0 Å². The van der Waals surface area contributed by atoms with Crippen molar-refractivity contribution in [2.75, 3.05) is 19.0 Å². The Morgan fingerprint density at radius 2 is 1.73 bits per heavy atom. The van der Waals surface area contributed by atoms with Gasteiger partial charge in [0, 0.05) is 12.1 Å². The van der Waals surface area contributed by atoms with E-state index in [0.29, 0.717) is 6.42 Å². The molecule has 0 aliphatic carbocycles. The van der Waals surface area contributed by atoms with Gasteiger partial charge in [-0.3, -0.25) is 20.4 Å². The number of anilines is 1. The fourth-order valence-corrected chi connectivity index (χ4v) is 2.81. The molecular formula is C19H22BrN3O3. The van der Waals surface area contributed by atoms with Crippen LogP contribution in [0.1, 0.15) is 17.5 Å². The van der Waals surface area contributed by atoms with Crippen molar-refractivity contribution in [1.82, 2.24) is 10.9 Å². The van der Waals surface area contributed by atoms with Crippen LogP contribution in [0.25, 0.3) is 0 Å². The number of carbonyl (C=O) groups is 2. The zero-order chi connectivity index (χ0) is 18.9. The second-order valence-corrected chi connectivity index (χ2v) is 6.64. The molecule has 2 aromatic carbocycles. The summed E-state index contributed by atoms with van der Waals surface area (Å²) in [6.07, 6.45) is 0.830. The molecule has 0 atom stereocenters. The van der Waals surface area contributed by atoms with Crippen molar-refractivity contribution in [2.24, 2.45) is 0 Å². The van der Waals surface area contributed by atoms with Crippen molar-refractivity contribution in [1.29, 1.82) is 0 Å². The lowest BCUT2D eigenvalue weighted by molar-refractivity contribution is -0.128. The van der Waals surface area contributed by atoms with Gasteiger partial charge in [0.05, 0.1) is 18.1 Å². The molecular weight excluding hydrogens is 398 g/mol. The Labute approximate surface area is 161 Å². The quantitative estimate of drug-likeness (QED) is 0.602. The zero-order valence-electron chi connectivity index (χ0n) is 14.8. The summed E-state index contributed by atoms with van der Waals surface area (Å²) in [4.78, 5) is 23.6. The van der Waals surface area contributed by atoms with Gasteiger partial charge in [0.2, 0.25) is 5.91 Å². The van der Waals surface area contributed by atoms with E-state index in [1.165, 1.54) is 0 Å². The molecule has 0 aromatic heterocycles. The van der Waals surface area contributed by atoms with Gasteiger partial charge in [-0.1, -0.05) is 23.8 Å². The summed E-state index contributed by atoms with van der Waals surface area (Å²) in [5.74, 6) is 0.179. The van der Waals surface area contributed by atoms with Gasteiger partial charge in [-0.25, -0.2) is 0 Å². The summed E-state index contributed by atoms with van der Waals surface area (Å²) in [6, 6.07) is 13.4. The lowest BCUT2D eigenvalue weighted by Gasteiger charge is -2.10. The van der Waals surface area contributed by atoms with Crippen LogP contribution in [0.3, 0.4) is 0 Å². The number of amides is 2. The average Bonchev–Trinajstić information content (AvgIpc) is 2.64. The molecule has 0 aliphatic heterocycles. The van der Waals surface area contributed by atoms with Crippen LogP contribution in [0, 0.1) is 6.92 Å². The SMILES string of the molecule is COc1ccc(CCC(=O)NNC(=O)CNc2ccc(C)cc2)cc1Br. The summed E-state index contributed by atoms with van der Waals surface area (Å²) < 4.78 is 6.01. The molecule has 0 unspecified atom stereocenters. The Bertz CT molecular complexity index is 763. The number of benzene rings is 2. The molecule has 0 bridgehead atoms. The number of halogens is 1. The van der Waals surface area contributed by atoms with Crippen LogP contribution in [-0.4, -0.2) is 25.5 Å². The largest absolute Gasteiger partial charge is 0.496 e. The molecule has 6 nitrogen and oxygen atoms in total. The van der Waals surface area contributed by atoms with Gasteiger partial charge >= 0.3 is 0 Å². The van der Waals surface area contributed by atoms with E-state index in [-0.39, 0.29) is 24.8 Å². The van der Waals surface area contributed by atoms with Gasteiger partial charge in [0.25, 0.3) is 5.91 Å². The van der Waals surface area contributed by atoms with Gasteiger partial charge in [-0.05, 0) is 59.1 Å². The van der Waals surface area contributed by atoms with Gasteiger partial charge in [-0.15, -0.1) is 0 Å². The molecule has 0 saturated carbocycles. The van der Waals surface area contributed by atoms with Crippen molar-refractivity contribution in [3.63, 3.8) is 0 Å². The molecule has 2 amide bonds. The molecule has 26 heavy (non-hydrogen) atoms. The predicted octanol–water partition coefficient (Wildman–Crippen LogP) is 2.96. The fraction of sp³-hybridized carbons (Fsp3) is 0.263. The molecule has 0 saturated heterocycles. The lowest BCUT2D eigenvalue weighted by atomic mass is 10.1. The van der Waals surface area contributed by atoms with Crippen LogP contribution in [0.2, 0.25) is 0 Å². The summed E-state index contributed by atoms with van der Waals surface area (Å²) in [5, 5.41) is 2.99. The average molecular weight is 420 g/mol. The van der Waals surface area contributed by atoms with E-state index in [0.717, 1.165) is 27.0 Å². The topological polar surface area (TPSA) is 79.5 Å². The van der Waals surface area contributed by atoms with Crippen LogP contribution < -0.4 is 20.9 Å². The second-order valence-electron chi connectivity index (χ2n) is 5.78. The number of aryl methyl sites for hydroxylation is 2. The fourth-order valence-electron chi connectivity index (χ4n) is 2.22. The van der Waals surface area contributed by atoms with Crippen LogP contribution >= 0.6 is 15.9 Å². The first kappa shape index (κ1) is 19.8. The first-order valence-electron chi connectivity index (χ1n) is 8.18. The molecule has 2 rings (SSSR count). The molecule has 0 heterocycles. The highest BCUT2D eigenvalue weighted by Crippen LogP contribution is 2.25. The molecule has 2 aromatic rings. The molecule has 3 N–H and O–H groups in total. The third-order valence-electron chi connectivity index (χ3n) is 3.70. The lowest BCUT2D eigenvalue weighted by Crippen LogP contribution is -2.44. The Hall–Kier alpha value is -2.54. The standard InChI is InChI=1S/C19H22BrN3O3/c1-13-3-7-15(8-4-13)21-12-19(25)23-22-18(24)10-6-14-5-9-17(26-2)16(20)11-14/h3-5,7-9,11,21H,6,10,12H2,1-2H3,(H,22,24)(H,23,25). The summed E-state index contributed by atoms with van der Waals surface area (Å²) in [7, 11) is 1.60. The van der Waals surface area contributed by atoms with Crippen molar-refractivity contribution in [3.8, 4) is 5.75 Å². The van der Waals surface area contributed by atoms with E-state index >= 15 is 0 Å². The maximum absolute atomic E-state index is 11.9. The maximum Gasteiger partial charge on any atom is 0.257 e. The first-order valence-corrected chi connectivity index (χ1v) is 8.98. The highest BCUT2D eigenvalue weighted by Gasteiger charge is 2.07. The van der Waals surface area contributed by atoms with Gasteiger partial charge in [0.1, 0.15) is 5.75 Å². The number of carbonyl (C=O) groups excluding carboxylic acids is 2. The summed E-state index contributed by atoms with van der Waals surface area (Å²) >= 11 is 3.41. The van der Waals surface area contributed by atoms with Crippen LogP contribution in [-0.2, 0) is 16.0 Å². The van der Waals surface area contributed by atoms with Crippen LogP contribution in [0.4, 0.5) is 5.69 Å². The minimum absolute atomic E-state index is 0.0781. The van der Waals surface area contributed by atoms with E-state index < -0.39 is 0 Å². The Morgan fingerprint density at radius 1 is 1.04 bits per heavy atom. The predicted molar refractivity (Wildman–Crippen MR) is 105 cm³/mol. The van der Waals surface area contributed by atoms with Crippen LogP contribution in [0.5, 0.6) is 5.75 Å².